The van der Waals surface area contributed by atoms with Crippen molar-refractivity contribution in [1.29, 1.82) is 0 Å². The first-order chi connectivity index (χ1) is 14.3. The van der Waals surface area contributed by atoms with Crippen LogP contribution in [-0.4, -0.2) is 17.1 Å². The minimum absolute atomic E-state index is 0.0422. The Hall–Kier alpha value is -2.90. The number of hydrogen-bond donors (Lipinski definition) is 4. The maximum absolute atomic E-state index is 12.3. The van der Waals surface area contributed by atoms with E-state index in [2.05, 4.69) is 23.3 Å². The Bertz CT molecular complexity index is 1050. The number of benzene rings is 3. The van der Waals surface area contributed by atoms with Crippen LogP contribution in [0.3, 0.4) is 0 Å². The van der Waals surface area contributed by atoms with Crippen LogP contribution in [-0.2, 0) is 4.79 Å². The Labute approximate surface area is 185 Å². The second kappa shape index (κ2) is 9.73. The third-order valence-corrected chi connectivity index (χ3v) is 5.96. The first-order valence-electron chi connectivity index (χ1n) is 9.36. The number of fused-ring (bicyclic) bond motifs is 1. The van der Waals surface area contributed by atoms with Gasteiger partial charge < -0.3 is 16.4 Å². The van der Waals surface area contributed by atoms with E-state index in [0.29, 0.717) is 16.9 Å². The van der Waals surface area contributed by atoms with Crippen molar-refractivity contribution in [2.75, 3.05) is 16.4 Å². The second-order valence-electron chi connectivity index (χ2n) is 6.82. The number of anilines is 3. The number of amides is 2. The van der Waals surface area contributed by atoms with Crippen LogP contribution < -0.4 is 16.4 Å². The Morgan fingerprint density at radius 3 is 2.43 bits per heavy atom. The molecule has 1 atom stereocenters. The number of nitrogens with one attached hydrogen (secondary N) is 2. The summed E-state index contributed by atoms with van der Waals surface area (Å²) in [6.45, 7) is 3.85. The molecule has 30 heavy (non-hydrogen) atoms. The van der Waals surface area contributed by atoms with Crippen molar-refractivity contribution >= 4 is 53.3 Å². The highest BCUT2D eigenvalue weighted by atomic mass is 32.2. The van der Waals surface area contributed by atoms with Crippen molar-refractivity contribution in [3.63, 3.8) is 0 Å². The number of nitrogens with two attached hydrogens (primary N) is 1. The minimum Gasteiger partial charge on any atom is -0.399 e. The zero-order valence-corrected chi connectivity index (χ0v) is 18.4. The molecule has 0 aliphatic carbocycles. The van der Waals surface area contributed by atoms with Crippen molar-refractivity contribution in [3.8, 4) is 0 Å². The van der Waals surface area contributed by atoms with Gasteiger partial charge in [0.05, 0.1) is 10.9 Å². The summed E-state index contributed by atoms with van der Waals surface area (Å²) in [5.41, 5.74) is 9.43. The van der Waals surface area contributed by atoms with Gasteiger partial charge in [0, 0.05) is 26.7 Å². The number of thiol groups is 1. The van der Waals surface area contributed by atoms with Gasteiger partial charge in [-0.25, -0.2) is 0 Å². The van der Waals surface area contributed by atoms with Crippen LogP contribution in [0.2, 0.25) is 0 Å². The summed E-state index contributed by atoms with van der Waals surface area (Å²) in [4.78, 5) is 25.8. The molecule has 1 aliphatic heterocycles. The molecule has 5 nitrogen and oxygen atoms in total. The van der Waals surface area contributed by atoms with E-state index in [0.717, 1.165) is 21.0 Å². The Morgan fingerprint density at radius 1 is 1.10 bits per heavy atom. The van der Waals surface area contributed by atoms with Gasteiger partial charge in [-0.05, 0) is 67.9 Å². The number of rotatable bonds is 2. The zero-order chi connectivity index (χ0) is 21.7. The lowest BCUT2D eigenvalue weighted by Crippen LogP contribution is -2.26. The lowest BCUT2D eigenvalue weighted by Gasteiger charge is -2.21. The van der Waals surface area contributed by atoms with Crippen molar-refractivity contribution < 1.29 is 9.59 Å². The molecule has 1 unspecified atom stereocenters. The summed E-state index contributed by atoms with van der Waals surface area (Å²) in [5, 5.41) is 5.53. The van der Waals surface area contributed by atoms with E-state index in [4.69, 9.17) is 5.73 Å². The van der Waals surface area contributed by atoms with Gasteiger partial charge in [0.1, 0.15) is 0 Å². The van der Waals surface area contributed by atoms with Gasteiger partial charge in [0.2, 0.25) is 5.91 Å². The van der Waals surface area contributed by atoms with Gasteiger partial charge in [0.25, 0.3) is 5.91 Å². The monoisotopic (exact) mass is 437 g/mol. The highest BCUT2D eigenvalue weighted by Crippen LogP contribution is 2.36. The van der Waals surface area contributed by atoms with Gasteiger partial charge in [-0.3, -0.25) is 9.59 Å². The number of thioether (sulfide) groups is 1. The molecule has 154 valence electrons. The molecule has 3 aromatic carbocycles. The van der Waals surface area contributed by atoms with Gasteiger partial charge in [-0.15, -0.1) is 24.4 Å². The number of hydrogen-bond acceptors (Lipinski definition) is 5. The first kappa shape index (κ1) is 21.8. The molecule has 0 spiro atoms. The molecule has 4 N–H and O–H groups in total. The number of nitrogen functional groups attached to an aromatic ring is 1. The van der Waals surface area contributed by atoms with E-state index in [1.165, 1.54) is 11.8 Å². The third kappa shape index (κ3) is 5.58. The molecule has 0 saturated heterocycles. The minimum atomic E-state index is -0.215. The SMILES string of the molecule is CC1Sc2ccc(C(=O)Nc3ccc(S)cc3)cc2NC1=O.Cc1ccccc1N. The van der Waals surface area contributed by atoms with E-state index in [1.807, 2.05) is 56.3 Å². The lowest BCUT2D eigenvalue weighted by atomic mass is 10.1. The predicted octanol–water partition coefficient (Wildman–Crippen LogP) is 5.24. The largest absolute Gasteiger partial charge is 0.399 e. The molecule has 0 aromatic heterocycles. The molecule has 2 amide bonds. The summed E-state index contributed by atoms with van der Waals surface area (Å²) in [7, 11) is 0. The topological polar surface area (TPSA) is 84.2 Å². The van der Waals surface area contributed by atoms with Crippen molar-refractivity contribution in [2.45, 2.75) is 28.9 Å². The fraction of sp³-hybridized carbons (Fsp3) is 0.130. The fourth-order valence-corrected chi connectivity index (χ4v) is 3.76. The average molecular weight is 438 g/mol. The van der Waals surface area contributed by atoms with E-state index >= 15 is 0 Å². The van der Waals surface area contributed by atoms with E-state index in [9.17, 15) is 9.59 Å². The molecule has 0 radical (unpaired) electrons. The van der Waals surface area contributed by atoms with E-state index in [-0.39, 0.29) is 17.1 Å². The fourth-order valence-electron chi connectivity index (χ4n) is 2.68. The summed E-state index contributed by atoms with van der Waals surface area (Å²) in [6, 6.07) is 20.3. The summed E-state index contributed by atoms with van der Waals surface area (Å²) >= 11 is 5.70. The van der Waals surface area contributed by atoms with Crippen LogP contribution in [0.5, 0.6) is 0 Å². The van der Waals surface area contributed by atoms with Gasteiger partial charge >= 0.3 is 0 Å². The highest BCUT2D eigenvalue weighted by molar-refractivity contribution is 8.00. The average Bonchev–Trinajstić information content (AvgIpc) is 2.73. The van der Waals surface area contributed by atoms with Crippen molar-refractivity contribution in [2.24, 2.45) is 0 Å². The third-order valence-electron chi connectivity index (χ3n) is 4.49. The zero-order valence-electron chi connectivity index (χ0n) is 16.7. The van der Waals surface area contributed by atoms with Gasteiger partial charge in [-0.2, -0.15) is 0 Å². The summed E-state index contributed by atoms with van der Waals surface area (Å²) in [5.74, 6) is -0.257. The second-order valence-corrected chi connectivity index (χ2v) is 8.72. The smallest absolute Gasteiger partial charge is 0.255 e. The van der Waals surface area contributed by atoms with Crippen LogP contribution in [0.15, 0.2) is 76.5 Å². The van der Waals surface area contributed by atoms with Crippen LogP contribution in [0.25, 0.3) is 0 Å². The molecule has 3 aromatic rings. The van der Waals surface area contributed by atoms with Crippen LogP contribution in [0.4, 0.5) is 17.1 Å². The molecular formula is C23H23N3O2S2. The highest BCUT2D eigenvalue weighted by Gasteiger charge is 2.23. The number of carbonyl (C=O) groups is 2. The molecule has 1 aliphatic rings. The van der Waals surface area contributed by atoms with Gasteiger partial charge in [0.15, 0.2) is 0 Å². The molecule has 0 bridgehead atoms. The number of carbonyl (C=O) groups excluding carboxylic acids is 2. The summed E-state index contributed by atoms with van der Waals surface area (Å²) in [6.07, 6.45) is 0. The quantitative estimate of drug-likeness (QED) is 0.326. The maximum atomic E-state index is 12.3. The first-order valence-corrected chi connectivity index (χ1v) is 10.7. The number of aryl methyl sites for hydroxylation is 1. The Morgan fingerprint density at radius 2 is 1.80 bits per heavy atom. The predicted molar refractivity (Wildman–Crippen MR) is 128 cm³/mol. The lowest BCUT2D eigenvalue weighted by molar-refractivity contribution is -0.115. The molecule has 0 saturated carbocycles. The Balaban J connectivity index is 0.000000269. The number of para-hydroxylation sites is 1. The van der Waals surface area contributed by atoms with Gasteiger partial charge in [-0.1, -0.05) is 18.2 Å². The van der Waals surface area contributed by atoms with E-state index < -0.39 is 0 Å². The van der Waals surface area contributed by atoms with Crippen LogP contribution in [0.1, 0.15) is 22.8 Å². The molecule has 1 heterocycles. The van der Waals surface area contributed by atoms with Crippen LogP contribution >= 0.6 is 24.4 Å². The molecular weight excluding hydrogens is 414 g/mol. The summed E-state index contributed by atoms with van der Waals surface area (Å²) < 4.78 is 0. The standard InChI is InChI=1S/C16H14N2O2S2.C7H9N/c1-9-15(19)18-13-8-10(2-7-14(13)22-9)16(20)17-11-3-5-12(21)6-4-11;1-6-4-2-3-5-7(6)8/h2-9,21H,1H3,(H,17,20)(H,18,19);2-5H,8H2,1H3. The maximum Gasteiger partial charge on any atom is 0.255 e. The molecule has 4 rings (SSSR count). The van der Waals surface area contributed by atoms with E-state index in [1.54, 1.807) is 24.3 Å². The normalized spacial score (nSPS) is 14.6. The van der Waals surface area contributed by atoms with Crippen molar-refractivity contribution in [1.82, 2.24) is 0 Å². The van der Waals surface area contributed by atoms with Crippen LogP contribution in [0, 0.1) is 6.92 Å². The van der Waals surface area contributed by atoms with Crippen molar-refractivity contribution in [3.05, 3.63) is 77.9 Å². The molecule has 0 fully saturated rings. The Kier molecular flexibility index (Phi) is 7.07. The molecule has 7 heteroatoms.